The lowest BCUT2D eigenvalue weighted by Crippen LogP contribution is -2.22. The van der Waals surface area contributed by atoms with Crippen molar-refractivity contribution in [1.29, 1.82) is 0 Å². The molecular weight excluding hydrogens is 452 g/mol. The van der Waals surface area contributed by atoms with Crippen molar-refractivity contribution in [1.82, 2.24) is 0 Å². The average molecular weight is 463 g/mol. The van der Waals surface area contributed by atoms with Gasteiger partial charge in [-0.05, 0) is 68.6 Å². The molecule has 0 aromatic heterocycles. The van der Waals surface area contributed by atoms with Crippen molar-refractivity contribution >= 4 is 49.4 Å². The molecule has 4 nitrogen and oxygen atoms in total. The summed E-state index contributed by atoms with van der Waals surface area (Å²) in [6.45, 7) is 1.20. The Morgan fingerprint density at radius 2 is 1.67 bits per heavy atom. The molecule has 0 radical (unpaired) electrons. The predicted octanol–water partition coefficient (Wildman–Crippen LogP) is 4.59. The molecule has 0 spiro atoms. The molecule has 0 fully saturated rings. The van der Waals surface area contributed by atoms with Gasteiger partial charge in [0.25, 0.3) is 5.91 Å². The van der Waals surface area contributed by atoms with E-state index in [0.717, 1.165) is 23.8 Å². The second-order valence-electron chi connectivity index (χ2n) is 4.82. The molecule has 0 bridgehead atoms. The zero-order chi connectivity index (χ0) is 17.9. The number of ether oxygens (including phenoxy) is 1. The van der Waals surface area contributed by atoms with Crippen LogP contribution in [0.1, 0.15) is 15.9 Å². The number of rotatable bonds is 4. The van der Waals surface area contributed by atoms with Gasteiger partial charge in [-0.25, -0.2) is 13.6 Å². The number of esters is 1. The van der Waals surface area contributed by atoms with E-state index >= 15 is 0 Å². The van der Waals surface area contributed by atoms with Gasteiger partial charge in [-0.1, -0.05) is 6.07 Å². The molecule has 0 aliphatic heterocycles. The quantitative estimate of drug-likeness (QED) is 0.676. The largest absolute Gasteiger partial charge is 0.452 e. The van der Waals surface area contributed by atoms with Crippen LogP contribution in [0.25, 0.3) is 0 Å². The summed E-state index contributed by atoms with van der Waals surface area (Å²) in [5, 5.41) is 2.54. The highest BCUT2D eigenvalue weighted by Crippen LogP contribution is 2.32. The van der Waals surface area contributed by atoms with Gasteiger partial charge in [0, 0.05) is 8.95 Å². The summed E-state index contributed by atoms with van der Waals surface area (Å²) in [5.41, 5.74) is 0.593. The van der Waals surface area contributed by atoms with E-state index in [2.05, 4.69) is 41.9 Å². The fourth-order valence-corrected chi connectivity index (χ4v) is 3.50. The van der Waals surface area contributed by atoms with Crippen molar-refractivity contribution < 1.29 is 23.1 Å². The Bertz CT molecular complexity index is 769. The summed E-state index contributed by atoms with van der Waals surface area (Å²) in [5.74, 6) is -4.00. The third-order valence-corrected chi connectivity index (χ3v) is 4.20. The van der Waals surface area contributed by atoms with Crippen LogP contribution in [0.5, 0.6) is 0 Å². The second-order valence-corrected chi connectivity index (χ2v) is 6.53. The molecule has 2 rings (SSSR count). The molecule has 0 saturated heterocycles. The van der Waals surface area contributed by atoms with Crippen LogP contribution in [0.2, 0.25) is 0 Å². The summed E-state index contributed by atoms with van der Waals surface area (Å²) in [4.78, 5) is 23.6. The Morgan fingerprint density at radius 3 is 2.21 bits per heavy atom. The first-order valence-electron chi connectivity index (χ1n) is 6.66. The Kier molecular flexibility index (Phi) is 6.06. The number of hydrogen-bond donors (Lipinski definition) is 1. The maximum Gasteiger partial charge on any atom is 0.344 e. The van der Waals surface area contributed by atoms with E-state index in [1.54, 1.807) is 12.1 Å². The van der Waals surface area contributed by atoms with E-state index in [1.165, 1.54) is 0 Å². The van der Waals surface area contributed by atoms with Crippen molar-refractivity contribution in [3.05, 3.63) is 62.0 Å². The molecule has 1 amide bonds. The minimum Gasteiger partial charge on any atom is -0.452 e. The SMILES string of the molecule is Cc1cc(Br)c(NC(=O)COC(=O)c2c(F)cccc2F)c(Br)c1. The summed E-state index contributed by atoms with van der Waals surface area (Å²) in [7, 11) is 0. The zero-order valence-corrected chi connectivity index (χ0v) is 15.5. The second kappa shape index (κ2) is 7.85. The Hall–Kier alpha value is -1.80. The molecule has 0 aliphatic carbocycles. The van der Waals surface area contributed by atoms with Crippen LogP contribution >= 0.6 is 31.9 Å². The van der Waals surface area contributed by atoms with Crippen LogP contribution in [0.3, 0.4) is 0 Å². The van der Waals surface area contributed by atoms with Crippen LogP contribution in [0, 0.1) is 18.6 Å². The molecular formula is C16H11Br2F2NO3. The monoisotopic (exact) mass is 461 g/mol. The lowest BCUT2D eigenvalue weighted by atomic mass is 10.2. The maximum absolute atomic E-state index is 13.5. The highest BCUT2D eigenvalue weighted by Gasteiger charge is 2.20. The summed E-state index contributed by atoms with van der Waals surface area (Å²) >= 11 is 6.62. The summed E-state index contributed by atoms with van der Waals surface area (Å²) in [6, 6.07) is 6.57. The number of carbonyl (C=O) groups excluding carboxylic acids is 2. The van der Waals surface area contributed by atoms with E-state index in [4.69, 9.17) is 0 Å². The first-order chi connectivity index (χ1) is 11.3. The number of amides is 1. The van der Waals surface area contributed by atoms with Crippen molar-refractivity contribution in [3.63, 3.8) is 0 Å². The number of nitrogens with one attached hydrogen (secondary N) is 1. The minimum atomic E-state index is -1.25. The van der Waals surface area contributed by atoms with Crippen LogP contribution < -0.4 is 5.32 Å². The van der Waals surface area contributed by atoms with Crippen molar-refractivity contribution in [2.75, 3.05) is 11.9 Å². The van der Waals surface area contributed by atoms with Gasteiger partial charge in [0.05, 0.1) is 5.69 Å². The highest BCUT2D eigenvalue weighted by molar-refractivity contribution is 9.11. The Balaban J connectivity index is 2.03. The van der Waals surface area contributed by atoms with E-state index in [9.17, 15) is 18.4 Å². The van der Waals surface area contributed by atoms with Gasteiger partial charge in [0.15, 0.2) is 6.61 Å². The van der Waals surface area contributed by atoms with Crippen molar-refractivity contribution in [2.45, 2.75) is 6.92 Å². The maximum atomic E-state index is 13.5. The fourth-order valence-electron chi connectivity index (χ4n) is 1.89. The van der Waals surface area contributed by atoms with Crippen LogP contribution in [-0.2, 0) is 9.53 Å². The van der Waals surface area contributed by atoms with Crippen molar-refractivity contribution in [2.24, 2.45) is 0 Å². The Morgan fingerprint density at radius 1 is 1.12 bits per heavy atom. The standard InChI is InChI=1S/C16H11Br2F2NO3/c1-8-5-9(17)15(10(18)6-8)21-13(22)7-24-16(23)14-11(19)3-2-4-12(14)20/h2-6H,7H2,1H3,(H,21,22). The fraction of sp³-hybridized carbons (Fsp3) is 0.125. The molecule has 0 unspecified atom stereocenters. The predicted molar refractivity (Wildman–Crippen MR) is 91.8 cm³/mol. The molecule has 24 heavy (non-hydrogen) atoms. The van der Waals surface area contributed by atoms with E-state index in [1.807, 2.05) is 6.92 Å². The molecule has 0 saturated carbocycles. The van der Waals surface area contributed by atoms with Crippen molar-refractivity contribution in [3.8, 4) is 0 Å². The van der Waals surface area contributed by atoms with Gasteiger partial charge < -0.3 is 10.1 Å². The van der Waals surface area contributed by atoms with Gasteiger partial charge >= 0.3 is 5.97 Å². The molecule has 0 atom stereocenters. The van der Waals surface area contributed by atoms with Gasteiger partial charge in [-0.15, -0.1) is 0 Å². The van der Waals surface area contributed by atoms with Gasteiger partial charge in [0.1, 0.15) is 17.2 Å². The zero-order valence-electron chi connectivity index (χ0n) is 12.3. The highest BCUT2D eigenvalue weighted by atomic mass is 79.9. The average Bonchev–Trinajstić information content (AvgIpc) is 2.48. The van der Waals surface area contributed by atoms with Crippen LogP contribution in [0.4, 0.5) is 14.5 Å². The molecule has 126 valence electrons. The first kappa shape index (κ1) is 18.5. The normalized spacial score (nSPS) is 10.4. The topological polar surface area (TPSA) is 55.4 Å². The molecule has 8 heteroatoms. The Labute approximate surface area is 153 Å². The number of hydrogen-bond acceptors (Lipinski definition) is 3. The molecule has 0 aliphatic rings. The van der Waals surface area contributed by atoms with Gasteiger partial charge in [-0.2, -0.15) is 0 Å². The van der Waals surface area contributed by atoms with Crippen LogP contribution in [-0.4, -0.2) is 18.5 Å². The molecule has 1 N–H and O–H groups in total. The van der Waals surface area contributed by atoms with E-state index < -0.39 is 35.7 Å². The first-order valence-corrected chi connectivity index (χ1v) is 8.25. The molecule has 2 aromatic carbocycles. The smallest absolute Gasteiger partial charge is 0.344 e. The number of anilines is 1. The van der Waals surface area contributed by atoms with Gasteiger partial charge in [0.2, 0.25) is 0 Å². The summed E-state index contributed by atoms with van der Waals surface area (Å²) in [6.07, 6.45) is 0. The minimum absolute atomic E-state index is 0.457. The molecule has 2 aromatic rings. The third kappa shape index (κ3) is 4.39. The van der Waals surface area contributed by atoms with Gasteiger partial charge in [-0.3, -0.25) is 4.79 Å². The number of carbonyl (C=O) groups is 2. The van der Waals surface area contributed by atoms with E-state index in [0.29, 0.717) is 14.6 Å². The summed E-state index contributed by atoms with van der Waals surface area (Å²) < 4.78 is 32.9. The lowest BCUT2D eigenvalue weighted by molar-refractivity contribution is -0.119. The van der Waals surface area contributed by atoms with Crippen LogP contribution in [0.15, 0.2) is 39.3 Å². The number of aryl methyl sites for hydroxylation is 1. The van der Waals surface area contributed by atoms with E-state index in [-0.39, 0.29) is 0 Å². The lowest BCUT2D eigenvalue weighted by Gasteiger charge is -2.11. The number of benzene rings is 2. The third-order valence-electron chi connectivity index (χ3n) is 2.95. The molecule has 0 heterocycles. The number of halogens is 4.